The quantitative estimate of drug-likeness (QED) is 0.802. The highest BCUT2D eigenvalue weighted by Gasteiger charge is 2.24. The van der Waals surface area contributed by atoms with Gasteiger partial charge in [0.05, 0.1) is 0 Å². The van der Waals surface area contributed by atoms with Gasteiger partial charge in [0.2, 0.25) is 0 Å². The molecule has 1 aliphatic rings. The summed E-state index contributed by atoms with van der Waals surface area (Å²) >= 11 is 3.29. The van der Waals surface area contributed by atoms with Crippen molar-refractivity contribution >= 4 is 21.8 Å². The number of amides is 1. The number of halogens is 2. The van der Waals surface area contributed by atoms with Gasteiger partial charge in [-0.05, 0) is 36.2 Å². The number of hydrogen-bond acceptors (Lipinski definition) is 2. The Balaban J connectivity index is 1.87. The van der Waals surface area contributed by atoms with E-state index in [1.165, 1.54) is 6.07 Å². The molecule has 0 saturated carbocycles. The van der Waals surface area contributed by atoms with Gasteiger partial charge in [-0.2, -0.15) is 0 Å². The Hall–Kier alpha value is -1.75. The minimum atomic E-state index is -0.270. The second-order valence-corrected chi connectivity index (χ2v) is 5.63. The second kappa shape index (κ2) is 5.32. The second-order valence-electron chi connectivity index (χ2n) is 4.72. The van der Waals surface area contributed by atoms with E-state index in [9.17, 15) is 9.18 Å². The van der Waals surface area contributed by atoms with Gasteiger partial charge < -0.3 is 4.90 Å². The summed E-state index contributed by atoms with van der Waals surface area (Å²) in [6.07, 6.45) is 2.24. The van der Waals surface area contributed by atoms with E-state index in [1.54, 1.807) is 29.3 Å². The van der Waals surface area contributed by atoms with Crippen LogP contribution in [0.3, 0.4) is 0 Å². The average Bonchev–Trinajstić information content (AvgIpc) is 2.47. The molecule has 102 valence electrons. The fraction of sp³-hybridized carbons (Fsp3) is 0.200. The molecule has 2 heterocycles. The molecule has 1 aromatic carbocycles. The lowest BCUT2D eigenvalue weighted by Crippen LogP contribution is -2.36. The van der Waals surface area contributed by atoms with Gasteiger partial charge in [0.1, 0.15) is 11.5 Å². The molecule has 0 N–H and O–H groups in total. The van der Waals surface area contributed by atoms with Crippen molar-refractivity contribution in [2.24, 2.45) is 0 Å². The van der Waals surface area contributed by atoms with Crippen LogP contribution in [0, 0.1) is 5.82 Å². The molecule has 5 heteroatoms. The zero-order valence-corrected chi connectivity index (χ0v) is 12.2. The van der Waals surface area contributed by atoms with Crippen LogP contribution in [0.1, 0.15) is 21.6 Å². The average molecular weight is 335 g/mol. The predicted molar refractivity (Wildman–Crippen MR) is 76.8 cm³/mol. The van der Waals surface area contributed by atoms with E-state index in [4.69, 9.17) is 0 Å². The van der Waals surface area contributed by atoms with Crippen molar-refractivity contribution in [3.63, 3.8) is 0 Å². The number of benzene rings is 1. The summed E-state index contributed by atoms with van der Waals surface area (Å²) in [5.41, 5.74) is 1.96. The van der Waals surface area contributed by atoms with Crippen LogP contribution in [0.2, 0.25) is 0 Å². The molecule has 0 bridgehead atoms. The number of hydrogen-bond donors (Lipinski definition) is 0. The van der Waals surface area contributed by atoms with E-state index in [0.29, 0.717) is 30.8 Å². The Morgan fingerprint density at radius 2 is 2.20 bits per heavy atom. The predicted octanol–water partition coefficient (Wildman–Crippen LogP) is 3.18. The van der Waals surface area contributed by atoms with E-state index in [2.05, 4.69) is 20.9 Å². The fourth-order valence-corrected chi connectivity index (χ4v) is 2.88. The van der Waals surface area contributed by atoms with Crippen molar-refractivity contribution in [1.82, 2.24) is 9.88 Å². The molecule has 0 saturated heterocycles. The molecule has 3 nitrogen and oxygen atoms in total. The molecule has 0 aliphatic carbocycles. The van der Waals surface area contributed by atoms with Crippen molar-refractivity contribution in [2.75, 3.05) is 6.54 Å². The molecule has 1 amide bonds. The van der Waals surface area contributed by atoms with Gasteiger partial charge in [-0.3, -0.25) is 9.78 Å². The first-order chi connectivity index (χ1) is 9.65. The van der Waals surface area contributed by atoms with Crippen LogP contribution < -0.4 is 0 Å². The molecular formula is C15H12BrFN2O. The maximum atomic E-state index is 14.0. The first-order valence-corrected chi connectivity index (χ1v) is 7.11. The summed E-state index contributed by atoms with van der Waals surface area (Å²) < 4.78 is 14.7. The Kier molecular flexibility index (Phi) is 3.53. The van der Waals surface area contributed by atoms with Gasteiger partial charge in [-0.25, -0.2) is 4.39 Å². The van der Waals surface area contributed by atoms with Gasteiger partial charge in [0, 0.05) is 29.3 Å². The molecule has 0 spiro atoms. The summed E-state index contributed by atoms with van der Waals surface area (Å²) in [7, 11) is 0. The van der Waals surface area contributed by atoms with Crippen LogP contribution in [0.25, 0.3) is 0 Å². The van der Waals surface area contributed by atoms with Gasteiger partial charge in [-0.15, -0.1) is 0 Å². The van der Waals surface area contributed by atoms with Crippen LogP contribution in [0.4, 0.5) is 4.39 Å². The maximum absolute atomic E-state index is 14.0. The highest BCUT2D eigenvalue weighted by atomic mass is 79.9. The number of carbonyl (C=O) groups is 1. The summed E-state index contributed by atoms with van der Waals surface area (Å²) in [6, 6.07) is 8.57. The highest BCUT2D eigenvalue weighted by molar-refractivity contribution is 9.10. The van der Waals surface area contributed by atoms with Crippen molar-refractivity contribution in [1.29, 1.82) is 0 Å². The maximum Gasteiger partial charge on any atom is 0.272 e. The molecule has 1 aromatic heterocycles. The standard InChI is InChI=1S/C15H12BrFN2O/c16-11-7-10-4-6-19(9-12(10)13(17)8-11)15(20)14-3-1-2-5-18-14/h1-3,5,7-8H,4,6,9H2. The van der Waals surface area contributed by atoms with E-state index in [-0.39, 0.29) is 11.7 Å². The van der Waals surface area contributed by atoms with Crippen molar-refractivity contribution in [3.8, 4) is 0 Å². The minimum absolute atomic E-state index is 0.154. The van der Waals surface area contributed by atoms with Crippen molar-refractivity contribution in [3.05, 3.63) is 63.6 Å². The van der Waals surface area contributed by atoms with Crippen molar-refractivity contribution < 1.29 is 9.18 Å². The van der Waals surface area contributed by atoms with Crippen LogP contribution >= 0.6 is 15.9 Å². The Morgan fingerprint density at radius 1 is 1.35 bits per heavy atom. The van der Waals surface area contributed by atoms with Gasteiger partial charge in [0.15, 0.2) is 0 Å². The SMILES string of the molecule is O=C(c1ccccn1)N1CCc2cc(Br)cc(F)c2C1. The molecule has 2 aromatic rings. The molecular weight excluding hydrogens is 323 g/mol. The first-order valence-electron chi connectivity index (χ1n) is 6.32. The molecule has 0 atom stereocenters. The monoisotopic (exact) mass is 334 g/mol. The highest BCUT2D eigenvalue weighted by Crippen LogP contribution is 2.26. The fourth-order valence-electron chi connectivity index (χ4n) is 2.41. The zero-order valence-electron chi connectivity index (χ0n) is 10.6. The number of pyridine rings is 1. The van der Waals surface area contributed by atoms with E-state index >= 15 is 0 Å². The molecule has 3 rings (SSSR count). The lowest BCUT2D eigenvalue weighted by molar-refractivity contribution is 0.0726. The number of fused-ring (bicyclic) bond motifs is 1. The minimum Gasteiger partial charge on any atom is -0.333 e. The molecule has 0 unspecified atom stereocenters. The third-order valence-electron chi connectivity index (χ3n) is 3.42. The smallest absolute Gasteiger partial charge is 0.272 e. The largest absolute Gasteiger partial charge is 0.333 e. The van der Waals surface area contributed by atoms with E-state index < -0.39 is 0 Å². The van der Waals surface area contributed by atoms with E-state index in [1.807, 2.05) is 6.07 Å². The number of aromatic nitrogens is 1. The van der Waals surface area contributed by atoms with Crippen LogP contribution in [-0.2, 0) is 13.0 Å². The molecule has 0 fully saturated rings. The van der Waals surface area contributed by atoms with Gasteiger partial charge in [-0.1, -0.05) is 22.0 Å². The number of nitrogens with zero attached hydrogens (tertiary/aromatic N) is 2. The van der Waals surface area contributed by atoms with Crippen LogP contribution in [-0.4, -0.2) is 22.3 Å². The number of rotatable bonds is 1. The topological polar surface area (TPSA) is 33.2 Å². The summed E-state index contributed by atoms with van der Waals surface area (Å²) in [6.45, 7) is 0.877. The van der Waals surface area contributed by atoms with Crippen LogP contribution in [0.5, 0.6) is 0 Å². The molecule has 20 heavy (non-hydrogen) atoms. The summed E-state index contributed by atoms with van der Waals surface area (Å²) in [4.78, 5) is 18.0. The van der Waals surface area contributed by atoms with Gasteiger partial charge in [0.25, 0.3) is 5.91 Å². The Bertz CT molecular complexity index is 660. The lowest BCUT2D eigenvalue weighted by atomic mass is 9.99. The normalized spacial score (nSPS) is 14.0. The summed E-state index contributed by atoms with van der Waals surface area (Å²) in [5.74, 6) is -0.425. The Labute approximate surface area is 124 Å². The first kappa shape index (κ1) is 13.2. The lowest BCUT2D eigenvalue weighted by Gasteiger charge is -2.29. The molecule has 1 aliphatic heterocycles. The van der Waals surface area contributed by atoms with Crippen LogP contribution in [0.15, 0.2) is 41.0 Å². The molecule has 0 radical (unpaired) electrons. The Morgan fingerprint density at radius 3 is 2.95 bits per heavy atom. The number of carbonyl (C=O) groups excluding carboxylic acids is 1. The van der Waals surface area contributed by atoms with Gasteiger partial charge >= 0.3 is 0 Å². The third-order valence-corrected chi connectivity index (χ3v) is 3.88. The van der Waals surface area contributed by atoms with Crippen molar-refractivity contribution in [2.45, 2.75) is 13.0 Å². The summed E-state index contributed by atoms with van der Waals surface area (Å²) in [5, 5.41) is 0. The zero-order chi connectivity index (χ0) is 14.1. The van der Waals surface area contributed by atoms with E-state index in [0.717, 1.165) is 10.0 Å². The third kappa shape index (κ3) is 2.45.